The molecule has 1 aromatic carbocycles. The first-order valence-electron chi connectivity index (χ1n) is 7.14. The molecule has 0 bridgehead atoms. The van der Waals surface area contributed by atoms with Crippen molar-refractivity contribution in [2.24, 2.45) is 11.1 Å². The Bertz CT molecular complexity index is 390. The second-order valence-corrected chi connectivity index (χ2v) is 5.91. The number of aryl methyl sites for hydroxylation is 1. The van der Waals surface area contributed by atoms with Gasteiger partial charge in [0.05, 0.1) is 0 Å². The second kappa shape index (κ2) is 4.45. The molecule has 0 heterocycles. The molecule has 0 saturated heterocycles. The van der Waals surface area contributed by atoms with Gasteiger partial charge in [-0.15, -0.1) is 0 Å². The molecule has 0 aliphatic heterocycles. The third kappa shape index (κ3) is 1.81. The molecule has 1 heteroatoms. The number of fused-ring (bicyclic) bond motifs is 1. The molecular formula is C16H23N. The van der Waals surface area contributed by atoms with Gasteiger partial charge in [-0.1, -0.05) is 43.5 Å². The van der Waals surface area contributed by atoms with Crippen molar-refractivity contribution in [3.05, 3.63) is 35.4 Å². The van der Waals surface area contributed by atoms with Crippen LogP contribution in [0.2, 0.25) is 0 Å². The highest BCUT2D eigenvalue weighted by molar-refractivity contribution is 5.35. The summed E-state index contributed by atoms with van der Waals surface area (Å²) in [5.74, 6) is 0.618. The van der Waals surface area contributed by atoms with Crippen LogP contribution in [-0.2, 0) is 6.42 Å². The summed E-state index contributed by atoms with van der Waals surface area (Å²) < 4.78 is 0. The Morgan fingerprint density at radius 2 is 1.82 bits per heavy atom. The Morgan fingerprint density at radius 1 is 1.06 bits per heavy atom. The van der Waals surface area contributed by atoms with Gasteiger partial charge in [0.15, 0.2) is 0 Å². The molecule has 17 heavy (non-hydrogen) atoms. The number of hydrogen-bond donors (Lipinski definition) is 1. The van der Waals surface area contributed by atoms with Crippen LogP contribution >= 0.6 is 0 Å². The van der Waals surface area contributed by atoms with E-state index in [0.717, 1.165) is 6.54 Å². The average Bonchev–Trinajstić information content (AvgIpc) is 2.40. The van der Waals surface area contributed by atoms with Crippen molar-refractivity contribution in [2.45, 2.75) is 50.9 Å². The lowest BCUT2D eigenvalue weighted by Gasteiger charge is -2.47. The van der Waals surface area contributed by atoms with Crippen LogP contribution in [0, 0.1) is 5.41 Å². The highest BCUT2D eigenvalue weighted by atomic mass is 14.6. The van der Waals surface area contributed by atoms with Crippen LogP contribution in [0.3, 0.4) is 0 Å². The largest absolute Gasteiger partial charge is 0.330 e. The normalized spacial score (nSPS) is 26.8. The maximum atomic E-state index is 6.12. The standard InChI is InChI=1S/C16H23N/c17-12-15-14-7-3-2-6-13(14)8-11-16(15)9-4-1-5-10-16/h2-3,6-7,15H,1,4-5,8-12,17H2. The van der Waals surface area contributed by atoms with Gasteiger partial charge in [-0.05, 0) is 48.8 Å². The van der Waals surface area contributed by atoms with Crippen molar-refractivity contribution < 1.29 is 0 Å². The fraction of sp³-hybridized carbons (Fsp3) is 0.625. The van der Waals surface area contributed by atoms with E-state index in [1.165, 1.54) is 44.9 Å². The van der Waals surface area contributed by atoms with E-state index in [4.69, 9.17) is 5.73 Å². The molecule has 2 aliphatic carbocycles. The Hall–Kier alpha value is -0.820. The van der Waals surface area contributed by atoms with Gasteiger partial charge in [-0.3, -0.25) is 0 Å². The summed E-state index contributed by atoms with van der Waals surface area (Å²) in [4.78, 5) is 0. The Labute approximate surface area is 104 Å². The van der Waals surface area contributed by atoms with Crippen LogP contribution < -0.4 is 5.73 Å². The first kappa shape index (κ1) is 11.3. The molecule has 2 N–H and O–H groups in total. The smallest absolute Gasteiger partial charge is 0.00205 e. The third-order valence-corrected chi connectivity index (χ3v) is 5.15. The van der Waals surface area contributed by atoms with E-state index in [1.807, 2.05) is 0 Å². The average molecular weight is 229 g/mol. The van der Waals surface area contributed by atoms with E-state index in [0.29, 0.717) is 11.3 Å². The Morgan fingerprint density at radius 3 is 2.59 bits per heavy atom. The van der Waals surface area contributed by atoms with Crippen LogP contribution in [-0.4, -0.2) is 6.54 Å². The van der Waals surface area contributed by atoms with Gasteiger partial charge in [0.25, 0.3) is 0 Å². The van der Waals surface area contributed by atoms with Crippen molar-refractivity contribution in [3.8, 4) is 0 Å². The summed E-state index contributed by atoms with van der Waals surface area (Å²) in [6, 6.07) is 8.98. The zero-order valence-electron chi connectivity index (χ0n) is 10.6. The highest BCUT2D eigenvalue weighted by Gasteiger charge is 2.42. The van der Waals surface area contributed by atoms with Gasteiger partial charge in [-0.25, -0.2) is 0 Å². The molecule has 1 fully saturated rings. The van der Waals surface area contributed by atoms with Crippen molar-refractivity contribution >= 4 is 0 Å². The summed E-state index contributed by atoms with van der Waals surface area (Å²) in [5.41, 5.74) is 9.78. The molecular weight excluding hydrogens is 206 g/mol. The van der Waals surface area contributed by atoms with Crippen molar-refractivity contribution in [1.82, 2.24) is 0 Å². The van der Waals surface area contributed by atoms with Gasteiger partial charge in [0.2, 0.25) is 0 Å². The minimum atomic E-state index is 0.543. The Balaban J connectivity index is 1.99. The van der Waals surface area contributed by atoms with Gasteiger partial charge in [-0.2, -0.15) is 0 Å². The fourth-order valence-corrected chi connectivity index (χ4v) is 4.22. The fourth-order valence-electron chi connectivity index (χ4n) is 4.22. The monoisotopic (exact) mass is 229 g/mol. The van der Waals surface area contributed by atoms with E-state index in [2.05, 4.69) is 24.3 Å². The molecule has 0 radical (unpaired) electrons. The lowest BCUT2D eigenvalue weighted by atomic mass is 9.58. The number of hydrogen-bond acceptors (Lipinski definition) is 1. The predicted octanol–water partition coefficient (Wildman–Crippen LogP) is 3.63. The minimum absolute atomic E-state index is 0.543. The molecule has 1 atom stereocenters. The van der Waals surface area contributed by atoms with Crippen molar-refractivity contribution in [2.75, 3.05) is 6.54 Å². The summed E-state index contributed by atoms with van der Waals surface area (Å²) in [6.45, 7) is 0.830. The summed E-state index contributed by atoms with van der Waals surface area (Å²) in [7, 11) is 0. The van der Waals surface area contributed by atoms with E-state index in [9.17, 15) is 0 Å². The lowest BCUT2D eigenvalue weighted by molar-refractivity contribution is 0.121. The zero-order valence-corrected chi connectivity index (χ0v) is 10.6. The molecule has 1 saturated carbocycles. The summed E-state index contributed by atoms with van der Waals surface area (Å²) >= 11 is 0. The quantitative estimate of drug-likeness (QED) is 0.782. The van der Waals surface area contributed by atoms with Crippen LogP contribution in [0.1, 0.15) is 55.6 Å². The summed E-state index contributed by atoms with van der Waals surface area (Å²) in [6.07, 6.45) is 9.71. The number of nitrogens with two attached hydrogens (primary N) is 1. The molecule has 0 aromatic heterocycles. The van der Waals surface area contributed by atoms with Crippen LogP contribution in [0.5, 0.6) is 0 Å². The molecule has 2 aliphatic rings. The molecule has 92 valence electrons. The predicted molar refractivity (Wildman–Crippen MR) is 72.1 cm³/mol. The van der Waals surface area contributed by atoms with Crippen LogP contribution in [0.25, 0.3) is 0 Å². The van der Waals surface area contributed by atoms with Gasteiger partial charge in [0, 0.05) is 5.92 Å². The topological polar surface area (TPSA) is 26.0 Å². The van der Waals surface area contributed by atoms with Gasteiger partial charge in [0.1, 0.15) is 0 Å². The lowest BCUT2D eigenvalue weighted by Crippen LogP contribution is -2.39. The summed E-state index contributed by atoms with van der Waals surface area (Å²) in [5, 5.41) is 0. The first-order valence-corrected chi connectivity index (χ1v) is 7.14. The number of rotatable bonds is 1. The van der Waals surface area contributed by atoms with Crippen molar-refractivity contribution in [1.29, 1.82) is 0 Å². The third-order valence-electron chi connectivity index (χ3n) is 5.15. The molecule has 1 spiro atoms. The molecule has 1 unspecified atom stereocenters. The minimum Gasteiger partial charge on any atom is -0.330 e. The zero-order chi connectivity index (χ0) is 11.7. The van der Waals surface area contributed by atoms with Gasteiger partial charge >= 0.3 is 0 Å². The van der Waals surface area contributed by atoms with Crippen LogP contribution in [0.15, 0.2) is 24.3 Å². The van der Waals surface area contributed by atoms with Crippen LogP contribution in [0.4, 0.5) is 0 Å². The number of benzene rings is 1. The SMILES string of the molecule is NCC1c2ccccc2CCC12CCCCC2. The maximum absolute atomic E-state index is 6.12. The Kier molecular flexibility index (Phi) is 2.96. The van der Waals surface area contributed by atoms with E-state index in [-0.39, 0.29) is 0 Å². The van der Waals surface area contributed by atoms with E-state index < -0.39 is 0 Å². The second-order valence-electron chi connectivity index (χ2n) is 5.91. The molecule has 1 aromatic rings. The van der Waals surface area contributed by atoms with E-state index >= 15 is 0 Å². The first-order chi connectivity index (χ1) is 8.36. The van der Waals surface area contributed by atoms with Gasteiger partial charge < -0.3 is 5.73 Å². The van der Waals surface area contributed by atoms with Crippen molar-refractivity contribution in [3.63, 3.8) is 0 Å². The molecule has 3 rings (SSSR count). The molecule has 1 nitrogen and oxygen atoms in total. The molecule has 0 amide bonds. The van der Waals surface area contributed by atoms with E-state index in [1.54, 1.807) is 11.1 Å². The highest BCUT2D eigenvalue weighted by Crippen LogP contribution is 2.53. The maximum Gasteiger partial charge on any atom is 0.00205 e.